The average molecular weight is 281 g/mol. The molecule has 0 spiro atoms. The van der Waals surface area contributed by atoms with Crippen molar-refractivity contribution >= 4 is 28.5 Å². The summed E-state index contributed by atoms with van der Waals surface area (Å²) < 4.78 is 0. The summed E-state index contributed by atoms with van der Waals surface area (Å²) in [7, 11) is 0. The highest BCUT2D eigenvalue weighted by molar-refractivity contribution is 7.98. The topological polar surface area (TPSA) is 37.8 Å². The predicted molar refractivity (Wildman–Crippen MR) is 85.1 cm³/mol. The number of hydrogen-bond donors (Lipinski definition) is 1. The van der Waals surface area contributed by atoms with E-state index in [1.807, 2.05) is 42.6 Å². The molecule has 3 nitrogen and oxygen atoms in total. The molecule has 0 unspecified atom stereocenters. The maximum atomic E-state index is 4.61. The fraction of sp³-hybridized carbons (Fsp3) is 0.125. The fourth-order valence-electron chi connectivity index (χ4n) is 2.06. The Kier molecular flexibility index (Phi) is 3.83. The van der Waals surface area contributed by atoms with Gasteiger partial charge in [0.15, 0.2) is 0 Å². The van der Waals surface area contributed by atoms with Gasteiger partial charge in [0.1, 0.15) is 0 Å². The third-order valence-electron chi connectivity index (χ3n) is 3.07. The Balaban J connectivity index is 1.79. The van der Waals surface area contributed by atoms with E-state index in [1.165, 1.54) is 4.90 Å². The molecule has 2 aromatic carbocycles. The molecule has 1 N–H and O–H groups in total. The smallest absolute Gasteiger partial charge is 0.0890 e. The van der Waals surface area contributed by atoms with Crippen LogP contribution < -0.4 is 5.32 Å². The van der Waals surface area contributed by atoms with E-state index in [9.17, 15) is 0 Å². The number of benzene rings is 2. The van der Waals surface area contributed by atoms with Crippen molar-refractivity contribution in [2.24, 2.45) is 0 Å². The summed E-state index contributed by atoms with van der Waals surface area (Å²) in [6.07, 6.45) is 3.91. The van der Waals surface area contributed by atoms with E-state index >= 15 is 0 Å². The SMILES string of the molecule is CSc1ccccc1NCc1cnc2ccccc2n1. The molecule has 0 aliphatic carbocycles. The summed E-state index contributed by atoms with van der Waals surface area (Å²) in [4.78, 5) is 10.3. The molecule has 0 aliphatic heterocycles. The number of fused-ring (bicyclic) bond motifs is 1. The van der Waals surface area contributed by atoms with Crippen LogP contribution in [0.2, 0.25) is 0 Å². The predicted octanol–water partition coefficient (Wildman–Crippen LogP) is 3.96. The van der Waals surface area contributed by atoms with Gasteiger partial charge in [0, 0.05) is 10.6 Å². The summed E-state index contributed by atoms with van der Waals surface area (Å²) >= 11 is 1.73. The van der Waals surface area contributed by atoms with Gasteiger partial charge in [-0.2, -0.15) is 0 Å². The maximum Gasteiger partial charge on any atom is 0.0890 e. The zero-order valence-corrected chi connectivity index (χ0v) is 12.0. The Bertz CT molecular complexity index is 727. The van der Waals surface area contributed by atoms with Gasteiger partial charge in [0.05, 0.1) is 29.5 Å². The molecular weight excluding hydrogens is 266 g/mol. The van der Waals surface area contributed by atoms with Crippen LogP contribution in [0.5, 0.6) is 0 Å². The van der Waals surface area contributed by atoms with E-state index in [0.29, 0.717) is 6.54 Å². The van der Waals surface area contributed by atoms with Crippen LogP contribution in [0.1, 0.15) is 5.69 Å². The Morgan fingerprint density at radius 2 is 1.75 bits per heavy atom. The van der Waals surface area contributed by atoms with E-state index < -0.39 is 0 Å². The zero-order valence-electron chi connectivity index (χ0n) is 11.2. The summed E-state index contributed by atoms with van der Waals surface area (Å²) in [6, 6.07) is 16.2. The summed E-state index contributed by atoms with van der Waals surface area (Å²) in [6.45, 7) is 0.676. The minimum absolute atomic E-state index is 0.676. The van der Waals surface area contributed by atoms with Gasteiger partial charge in [-0.1, -0.05) is 24.3 Å². The second-order valence-corrected chi connectivity index (χ2v) is 5.25. The largest absolute Gasteiger partial charge is 0.378 e. The molecule has 0 radical (unpaired) electrons. The summed E-state index contributed by atoms with van der Waals surface area (Å²) in [5.74, 6) is 0. The lowest BCUT2D eigenvalue weighted by Gasteiger charge is -2.10. The van der Waals surface area contributed by atoms with Crippen LogP contribution in [-0.4, -0.2) is 16.2 Å². The first-order valence-electron chi connectivity index (χ1n) is 6.44. The molecule has 0 bridgehead atoms. The Morgan fingerprint density at radius 3 is 2.60 bits per heavy atom. The lowest BCUT2D eigenvalue weighted by atomic mass is 10.3. The summed E-state index contributed by atoms with van der Waals surface area (Å²) in [5.41, 5.74) is 3.94. The molecule has 0 saturated carbocycles. The van der Waals surface area contributed by atoms with Crippen LogP contribution in [0.4, 0.5) is 5.69 Å². The number of anilines is 1. The number of nitrogens with one attached hydrogen (secondary N) is 1. The highest BCUT2D eigenvalue weighted by Gasteiger charge is 2.02. The first-order chi connectivity index (χ1) is 9.86. The average Bonchev–Trinajstić information content (AvgIpc) is 2.53. The lowest BCUT2D eigenvalue weighted by molar-refractivity contribution is 1.03. The van der Waals surface area contributed by atoms with Gasteiger partial charge in [0.2, 0.25) is 0 Å². The number of nitrogens with zero attached hydrogens (tertiary/aromatic N) is 2. The quantitative estimate of drug-likeness (QED) is 0.734. The van der Waals surface area contributed by atoms with Crippen molar-refractivity contribution in [1.82, 2.24) is 9.97 Å². The van der Waals surface area contributed by atoms with Crippen molar-refractivity contribution in [1.29, 1.82) is 0 Å². The zero-order chi connectivity index (χ0) is 13.8. The number of hydrogen-bond acceptors (Lipinski definition) is 4. The summed E-state index contributed by atoms with van der Waals surface area (Å²) in [5, 5.41) is 3.42. The van der Waals surface area contributed by atoms with E-state index in [0.717, 1.165) is 22.4 Å². The third kappa shape index (κ3) is 2.75. The van der Waals surface area contributed by atoms with Crippen molar-refractivity contribution in [2.45, 2.75) is 11.4 Å². The van der Waals surface area contributed by atoms with Crippen molar-refractivity contribution in [3.05, 3.63) is 60.4 Å². The molecule has 0 saturated heterocycles. The van der Waals surface area contributed by atoms with Gasteiger partial charge in [-0.05, 0) is 30.5 Å². The van der Waals surface area contributed by atoms with E-state index in [1.54, 1.807) is 11.8 Å². The van der Waals surface area contributed by atoms with E-state index in [4.69, 9.17) is 0 Å². The number of thioether (sulfide) groups is 1. The van der Waals surface area contributed by atoms with Crippen LogP contribution in [0.25, 0.3) is 11.0 Å². The third-order valence-corrected chi connectivity index (χ3v) is 3.86. The molecule has 0 amide bonds. The molecule has 3 rings (SSSR count). The highest BCUT2D eigenvalue weighted by atomic mass is 32.2. The molecule has 100 valence electrons. The molecule has 0 atom stereocenters. The van der Waals surface area contributed by atoms with Gasteiger partial charge >= 0.3 is 0 Å². The minimum atomic E-state index is 0.676. The van der Waals surface area contributed by atoms with Crippen molar-refractivity contribution in [3.63, 3.8) is 0 Å². The first-order valence-corrected chi connectivity index (χ1v) is 7.67. The second-order valence-electron chi connectivity index (χ2n) is 4.40. The molecular formula is C16H15N3S. The van der Waals surface area contributed by atoms with Gasteiger partial charge in [-0.25, -0.2) is 4.98 Å². The monoisotopic (exact) mass is 281 g/mol. The van der Waals surface area contributed by atoms with Gasteiger partial charge in [-0.15, -0.1) is 11.8 Å². The normalized spacial score (nSPS) is 10.7. The first kappa shape index (κ1) is 12.9. The van der Waals surface area contributed by atoms with E-state index in [2.05, 4.69) is 33.7 Å². The highest BCUT2D eigenvalue weighted by Crippen LogP contribution is 2.24. The molecule has 0 aliphatic rings. The van der Waals surface area contributed by atoms with Gasteiger partial charge < -0.3 is 5.32 Å². The van der Waals surface area contributed by atoms with Crippen LogP contribution in [0.3, 0.4) is 0 Å². The Hall–Kier alpha value is -2.07. The second kappa shape index (κ2) is 5.92. The number of aromatic nitrogens is 2. The maximum absolute atomic E-state index is 4.61. The fourth-order valence-corrected chi connectivity index (χ4v) is 2.63. The number of para-hydroxylation sites is 3. The molecule has 1 heterocycles. The van der Waals surface area contributed by atoms with Crippen molar-refractivity contribution in [3.8, 4) is 0 Å². The Morgan fingerprint density at radius 1 is 1.00 bits per heavy atom. The number of rotatable bonds is 4. The molecule has 0 fully saturated rings. The van der Waals surface area contributed by atoms with Gasteiger partial charge in [-0.3, -0.25) is 4.98 Å². The standard InChI is InChI=1S/C16H15N3S/c1-20-16-9-5-4-8-15(16)18-11-12-10-17-13-6-2-3-7-14(13)19-12/h2-10,18H,11H2,1H3. The van der Waals surface area contributed by atoms with Crippen LogP contribution >= 0.6 is 11.8 Å². The van der Waals surface area contributed by atoms with Crippen molar-refractivity contribution in [2.75, 3.05) is 11.6 Å². The van der Waals surface area contributed by atoms with Crippen LogP contribution in [0, 0.1) is 0 Å². The minimum Gasteiger partial charge on any atom is -0.378 e. The van der Waals surface area contributed by atoms with Gasteiger partial charge in [0.25, 0.3) is 0 Å². The molecule has 3 aromatic rings. The Labute approximate surface area is 122 Å². The molecule has 1 aromatic heterocycles. The van der Waals surface area contributed by atoms with E-state index in [-0.39, 0.29) is 0 Å². The van der Waals surface area contributed by atoms with Crippen molar-refractivity contribution < 1.29 is 0 Å². The molecule has 4 heteroatoms. The van der Waals surface area contributed by atoms with Crippen LogP contribution in [-0.2, 0) is 6.54 Å². The molecule has 20 heavy (non-hydrogen) atoms. The lowest BCUT2D eigenvalue weighted by Crippen LogP contribution is -2.03. The van der Waals surface area contributed by atoms with Crippen LogP contribution in [0.15, 0.2) is 59.6 Å².